The lowest BCUT2D eigenvalue weighted by Crippen LogP contribution is -2.52. The molecule has 4 rings (SSSR count). The second kappa shape index (κ2) is 7.03. The summed E-state index contributed by atoms with van der Waals surface area (Å²) in [5.74, 6) is 0.666. The number of anilines is 1. The first kappa shape index (κ1) is 16.4. The first-order valence-corrected chi connectivity index (χ1v) is 8.81. The SMILES string of the molecule is CN1CCN([C@H]2CN(c3nccc(-c4ccccn4)n3)C[C@@H]2O)CC1. The Hall–Kier alpha value is -2.09. The van der Waals surface area contributed by atoms with Crippen LogP contribution in [0.4, 0.5) is 5.95 Å². The van der Waals surface area contributed by atoms with Gasteiger partial charge in [-0.15, -0.1) is 0 Å². The summed E-state index contributed by atoms with van der Waals surface area (Å²) in [6, 6.07) is 7.81. The zero-order valence-corrected chi connectivity index (χ0v) is 14.5. The van der Waals surface area contributed by atoms with Crippen LogP contribution in [0.15, 0.2) is 36.7 Å². The summed E-state index contributed by atoms with van der Waals surface area (Å²) in [6.07, 6.45) is 3.16. The fourth-order valence-electron chi connectivity index (χ4n) is 3.60. The number of aliphatic hydroxyl groups is 1. The molecular formula is C18H24N6O. The Bertz CT molecular complexity index is 704. The van der Waals surface area contributed by atoms with Crippen LogP contribution in [-0.2, 0) is 0 Å². The second-order valence-electron chi connectivity index (χ2n) is 6.84. The van der Waals surface area contributed by atoms with Gasteiger partial charge < -0.3 is 14.9 Å². The van der Waals surface area contributed by atoms with Crippen LogP contribution in [0.2, 0.25) is 0 Å². The summed E-state index contributed by atoms with van der Waals surface area (Å²) in [7, 11) is 2.14. The Morgan fingerprint density at radius 2 is 1.80 bits per heavy atom. The van der Waals surface area contributed by atoms with Gasteiger partial charge in [-0.3, -0.25) is 9.88 Å². The van der Waals surface area contributed by atoms with Crippen molar-refractivity contribution < 1.29 is 5.11 Å². The Morgan fingerprint density at radius 3 is 2.56 bits per heavy atom. The Morgan fingerprint density at radius 1 is 0.960 bits per heavy atom. The Labute approximate surface area is 147 Å². The molecule has 0 amide bonds. The lowest BCUT2D eigenvalue weighted by atomic mass is 10.1. The predicted octanol–water partition coefficient (Wildman–Crippen LogP) is 0.335. The van der Waals surface area contributed by atoms with Gasteiger partial charge in [-0.1, -0.05) is 6.07 Å². The maximum absolute atomic E-state index is 10.6. The van der Waals surface area contributed by atoms with Crippen molar-refractivity contribution in [2.45, 2.75) is 12.1 Å². The van der Waals surface area contributed by atoms with Crippen LogP contribution in [0.3, 0.4) is 0 Å². The van der Waals surface area contributed by atoms with Crippen molar-refractivity contribution in [1.82, 2.24) is 24.8 Å². The van der Waals surface area contributed by atoms with Crippen molar-refractivity contribution in [2.75, 3.05) is 51.2 Å². The number of aromatic nitrogens is 3. The van der Waals surface area contributed by atoms with E-state index in [1.165, 1.54) is 0 Å². The fraction of sp³-hybridized carbons (Fsp3) is 0.500. The zero-order valence-electron chi connectivity index (χ0n) is 14.5. The zero-order chi connectivity index (χ0) is 17.2. The molecule has 0 aliphatic carbocycles. The third-order valence-electron chi connectivity index (χ3n) is 5.12. The topological polar surface area (TPSA) is 68.6 Å². The molecule has 2 aromatic heterocycles. The molecule has 7 heteroatoms. The number of hydrogen-bond acceptors (Lipinski definition) is 7. The Kier molecular flexibility index (Phi) is 4.61. The molecule has 2 fully saturated rings. The normalized spacial score (nSPS) is 25.4. The molecule has 0 bridgehead atoms. The van der Waals surface area contributed by atoms with Crippen molar-refractivity contribution >= 4 is 5.95 Å². The van der Waals surface area contributed by atoms with E-state index in [0.29, 0.717) is 12.5 Å². The van der Waals surface area contributed by atoms with E-state index in [9.17, 15) is 5.11 Å². The summed E-state index contributed by atoms with van der Waals surface area (Å²) >= 11 is 0. The number of likely N-dealkylation sites (N-methyl/N-ethyl adjacent to an activating group) is 1. The van der Waals surface area contributed by atoms with E-state index in [1.807, 2.05) is 24.3 Å². The minimum absolute atomic E-state index is 0.149. The van der Waals surface area contributed by atoms with Crippen LogP contribution in [0.5, 0.6) is 0 Å². The van der Waals surface area contributed by atoms with Crippen molar-refractivity contribution in [3.05, 3.63) is 36.7 Å². The van der Waals surface area contributed by atoms with Gasteiger partial charge in [0.1, 0.15) is 0 Å². The van der Waals surface area contributed by atoms with Crippen LogP contribution in [0.25, 0.3) is 11.4 Å². The molecule has 2 atom stereocenters. The predicted molar refractivity (Wildman–Crippen MR) is 96.3 cm³/mol. The average Bonchev–Trinajstić information content (AvgIpc) is 3.05. The molecule has 1 N–H and O–H groups in total. The van der Waals surface area contributed by atoms with Gasteiger partial charge in [-0.2, -0.15) is 0 Å². The van der Waals surface area contributed by atoms with Crippen LogP contribution >= 0.6 is 0 Å². The molecule has 0 spiro atoms. The summed E-state index contributed by atoms with van der Waals surface area (Å²) in [5, 5.41) is 10.6. The number of nitrogens with zero attached hydrogens (tertiary/aromatic N) is 6. The molecule has 0 saturated carbocycles. The highest BCUT2D eigenvalue weighted by atomic mass is 16.3. The first-order chi connectivity index (χ1) is 12.2. The minimum Gasteiger partial charge on any atom is -0.390 e. The first-order valence-electron chi connectivity index (χ1n) is 8.81. The van der Waals surface area contributed by atoms with Crippen molar-refractivity contribution in [2.24, 2.45) is 0 Å². The highest BCUT2D eigenvalue weighted by molar-refractivity contribution is 5.55. The molecule has 4 heterocycles. The minimum atomic E-state index is -0.370. The van der Waals surface area contributed by atoms with Crippen LogP contribution < -0.4 is 4.90 Å². The largest absolute Gasteiger partial charge is 0.390 e. The van der Waals surface area contributed by atoms with E-state index in [0.717, 1.165) is 44.1 Å². The molecule has 132 valence electrons. The van der Waals surface area contributed by atoms with E-state index in [1.54, 1.807) is 12.4 Å². The smallest absolute Gasteiger partial charge is 0.226 e. The van der Waals surface area contributed by atoms with E-state index in [2.05, 4.69) is 36.7 Å². The van der Waals surface area contributed by atoms with E-state index in [4.69, 9.17) is 0 Å². The fourth-order valence-corrected chi connectivity index (χ4v) is 3.60. The molecule has 0 aromatic carbocycles. The van der Waals surface area contributed by atoms with Crippen LogP contribution in [0, 0.1) is 0 Å². The van der Waals surface area contributed by atoms with Gasteiger partial charge >= 0.3 is 0 Å². The van der Waals surface area contributed by atoms with Crippen molar-refractivity contribution in [3.8, 4) is 11.4 Å². The number of hydrogen-bond donors (Lipinski definition) is 1. The van der Waals surface area contributed by atoms with Gasteiger partial charge in [0.2, 0.25) is 5.95 Å². The number of pyridine rings is 1. The molecular weight excluding hydrogens is 316 g/mol. The monoisotopic (exact) mass is 340 g/mol. The average molecular weight is 340 g/mol. The van der Waals surface area contributed by atoms with Gasteiger partial charge in [0.15, 0.2) is 0 Å². The van der Waals surface area contributed by atoms with Gasteiger partial charge in [0.05, 0.1) is 23.5 Å². The van der Waals surface area contributed by atoms with Gasteiger partial charge in [0, 0.05) is 51.7 Å². The summed E-state index contributed by atoms with van der Waals surface area (Å²) in [4.78, 5) is 20.3. The third kappa shape index (κ3) is 3.49. The summed E-state index contributed by atoms with van der Waals surface area (Å²) < 4.78 is 0. The van der Waals surface area contributed by atoms with Crippen LogP contribution in [0.1, 0.15) is 0 Å². The van der Waals surface area contributed by atoms with E-state index < -0.39 is 0 Å². The van der Waals surface area contributed by atoms with Crippen molar-refractivity contribution in [1.29, 1.82) is 0 Å². The number of β-amino-alcohol motifs (C(OH)–C–C–N with tert-alkyl or cyclic N) is 1. The Balaban J connectivity index is 1.49. The van der Waals surface area contributed by atoms with E-state index >= 15 is 0 Å². The maximum Gasteiger partial charge on any atom is 0.226 e. The lowest BCUT2D eigenvalue weighted by molar-refractivity contribution is 0.0512. The molecule has 2 aromatic rings. The highest BCUT2D eigenvalue weighted by Gasteiger charge is 2.37. The van der Waals surface area contributed by atoms with Gasteiger partial charge in [-0.05, 0) is 25.2 Å². The summed E-state index contributed by atoms with van der Waals surface area (Å²) in [6.45, 7) is 5.44. The molecule has 2 aliphatic heterocycles. The summed E-state index contributed by atoms with van der Waals surface area (Å²) in [5.41, 5.74) is 1.64. The molecule has 2 saturated heterocycles. The molecule has 7 nitrogen and oxygen atoms in total. The molecule has 25 heavy (non-hydrogen) atoms. The number of piperazine rings is 1. The van der Waals surface area contributed by atoms with Crippen LogP contribution in [-0.4, -0.2) is 88.3 Å². The third-order valence-corrected chi connectivity index (χ3v) is 5.12. The number of rotatable bonds is 3. The lowest BCUT2D eigenvalue weighted by Gasteiger charge is -2.37. The van der Waals surface area contributed by atoms with E-state index in [-0.39, 0.29) is 12.1 Å². The highest BCUT2D eigenvalue weighted by Crippen LogP contribution is 2.23. The molecule has 0 radical (unpaired) electrons. The van der Waals surface area contributed by atoms with Crippen molar-refractivity contribution in [3.63, 3.8) is 0 Å². The molecule has 2 aliphatic rings. The number of aliphatic hydroxyl groups excluding tert-OH is 1. The van der Waals surface area contributed by atoms with Gasteiger partial charge in [0.25, 0.3) is 0 Å². The molecule has 0 unspecified atom stereocenters. The maximum atomic E-state index is 10.6. The second-order valence-corrected chi connectivity index (χ2v) is 6.84. The standard InChI is InChI=1S/C18H24N6O/c1-22-8-10-23(11-9-22)16-12-24(13-17(16)25)18-20-7-5-15(21-18)14-4-2-3-6-19-14/h2-7,16-17,25H,8-13H2,1H3/t16-,17-/m0/s1. The van der Waals surface area contributed by atoms with Gasteiger partial charge in [-0.25, -0.2) is 9.97 Å². The quantitative estimate of drug-likeness (QED) is 0.864.